The lowest BCUT2D eigenvalue weighted by molar-refractivity contribution is 0.0297. The third-order valence-electron chi connectivity index (χ3n) is 1.68. The maximum Gasteiger partial charge on any atom is 0.340 e. The van der Waals surface area contributed by atoms with Crippen molar-refractivity contribution < 1.29 is 14.6 Å². The molecule has 0 heterocycles. The van der Waals surface area contributed by atoms with Gasteiger partial charge >= 0.3 is 5.97 Å². The molecule has 0 aliphatic rings. The van der Waals surface area contributed by atoms with E-state index in [1.54, 1.807) is 12.1 Å². The lowest BCUT2D eigenvalue weighted by Crippen LogP contribution is -2.15. The molecule has 0 saturated carbocycles. The molecule has 0 fully saturated rings. The number of carbonyl (C=O) groups excluding carboxylic acids is 1. The number of hydrogen-bond acceptors (Lipinski definition) is 5. The summed E-state index contributed by atoms with van der Waals surface area (Å²) in [6, 6.07) is 6.07. The molecule has 1 aromatic carbocycles. The molecule has 5 heteroatoms. The van der Waals surface area contributed by atoms with Crippen molar-refractivity contribution in [1.29, 1.82) is 0 Å². The van der Waals surface area contributed by atoms with E-state index in [1.165, 1.54) is 19.1 Å². The van der Waals surface area contributed by atoms with Gasteiger partial charge in [-0.15, -0.1) is 4.91 Å². The Bertz CT molecular complexity index is 362. The SMILES string of the molecule is CC(O)COC(=O)c1ccccc1N=O. The minimum atomic E-state index is -0.731. The van der Waals surface area contributed by atoms with Gasteiger partial charge in [-0.3, -0.25) is 0 Å². The normalized spacial score (nSPS) is 11.9. The van der Waals surface area contributed by atoms with E-state index >= 15 is 0 Å². The number of carbonyl (C=O) groups is 1. The summed E-state index contributed by atoms with van der Waals surface area (Å²) in [5.41, 5.74) is 0.140. The van der Waals surface area contributed by atoms with Gasteiger partial charge < -0.3 is 9.84 Å². The number of aliphatic hydroxyl groups is 1. The molecule has 15 heavy (non-hydrogen) atoms. The van der Waals surface area contributed by atoms with Gasteiger partial charge in [0.05, 0.1) is 11.7 Å². The second-order valence-corrected chi connectivity index (χ2v) is 3.06. The fourth-order valence-electron chi connectivity index (χ4n) is 1.000. The molecule has 0 spiro atoms. The zero-order valence-corrected chi connectivity index (χ0v) is 8.21. The molecule has 1 N–H and O–H groups in total. The van der Waals surface area contributed by atoms with Crippen molar-refractivity contribution in [2.75, 3.05) is 6.61 Å². The smallest absolute Gasteiger partial charge is 0.340 e. The third kappa shape index (κ3) is 3.14. The summed E-state index contributed by atoms with van der Waals surface area (Å²) in [6.07, 6.45) is -0.731. The van der Waals surface area contributed by atoms with Crippen molar-refractivity contribution in [3.8, 4) is 0 Å². The molecule has 1 atom stereocenters. The molecule has 0 amide bonds. The van der Waals surface area contributed by atoms with E-state index in [9.17, 15) is 9.70 Å². The molecule has 0 saturated heterocycles. The van der Waals surface area contributed by atoms with E-state index in [2.05, 4.69) is 5.18 Å². The van der Waals surface area contributed by atoms with Gasteiger partial charge in [-0.05, 0) is 24.2 Å². The van der Waals surface area contributed by atoms with Crippen LogP contribution < -0.4 is 0 Å². The maximum absolute atomic E-state index is 11.4. The molecular formula is C10H11NO4. The number of rotatable bonds is 4. The topological polar surface area (TPSA) is 76.0 Å². The molecule has 0 aromatic heterocycles. The van der Waals surface area contributed by atoms with Gasteiger partial charge in [-0.1, -0.05) is 12.1 Å². The molecular weight excluding hydrogens is 198 g/mol. The zero-order chi connectivity index (χ0) is 11.3. The summed E-state index contributed by atoms with van der Waals surface area (Å²) < 4.78 is 4.74. The monoisotopic (exact) mass is 209 g/mol. The molecule has 5 nitrogen and oxygen atoms in total. The first-order chi connectivity index (χ1) is 7.15. The van der Waals surface area contributed by atoms with E-state index in [-0.39, 0.29) is 17.9 Å². The largest absolute Gasteiger partial charge is 0.459 e. The first kappa shape index (κ1) is 11.3. The highest BCUT2D eigenvalue weighted by Crippen LogP contribution is 2.18. The van der Waals surface area contributed by atoms with Crippen molar-refractivity contribution in [3.63, 3.8) is 0 Å². The molecule has 1 rings (SSSR count). The van der Waals surface area contributed by atoms with Crippen LogP contribution in [0.5, 0.6) is 0 Å². The van der Waals surface area contributed by atoms with Crippen molar-refractivity contribution in [3.05, 3.63) is 34.7 Å². The number of aliphatic hydroxyl groups excluding tert-OH is 1. The van der Waals surface area contributed by atoms with Gasteiger partial charge in [0.15, 0.2) is 0 Å². The van der Waals surface area contributed by atoms with E-state index in [0.717, 1.165) is 0 Å². The van der Waals surface area contributed by atoms with Crippen molar-refractivity contribution in [2.24, 2.45) is 5.18 Å². The predicted octanol–water partition coefficient (Wildman–Crippen LogP) is 1.62. The van der Waals surface area contributed by atoms with Crippen LogP contribution in [0.3, 0.4) is 0 Å². The Morgan fingerprint density at radius 2 is 2.20 bits per heavy atom. The first-order valence-corrected chi connectivity index (χ1v) is 4.42. The summed E-state index contributed by atoms with van der Waals surface area (Å²) in [7, 11) is 0. The van der Waals surface area contributed by atoms with Crippen LogP contribution in [-0.2, 0) is 4.74 Å². The first-order valence-electron chi connectivity index (χ1n) is 4.42. The van der Waals surface area contributed by atoms with Crippen LogP contribution in [0.1, 0.15) is 17.3 Å². The summed E-state index contributed by atoms with van der Waals surface area (Å²) in [5, 5.41) is 11.6. The maximum atomic E-state index is 11.4. The average Bonchev–Trinajstić information content (AvgIpc) is 2.25. The van der Waals surface area contributed by atoms with Gasteiger partial charge in [0.25, 0.3) is 0 Å². The second-order valence-electron chi connectivity index (χ2n) is 3.06. The minimum absolute atomic E-state index is 0.0353. The molecule has 0 bridgehead atoms. The van der Waals surface area contributed by atoms with Crippen LogP contribution in [0.15, 0.2) is 29.4 Å². The van der Waals surface area contributed by atoms with Crippen LogP contribution in [-0.4, -0.2) is 23.8 Å². The number of nitrogens with zero attached hydrogens (tertiary/aromatic N) is 1. The lowest BCUT2D eigenvalue weighted by atomic mass is 10.2. The van der Waals surface area contributed by atoms with E-state index in [1.807, 2.05) is 0 Å². The summed E-state index contributed by atoms with van der Waals surface area (Å²) >= 11 is 0. The molecule has 80 valence electrons. The van der Waals surface area contributed by atoms with E-state index < -0.39 is 12.1 Å². The van der Waals surface area contributed by atoms with Gasteiger partial charge in [0.2, 0.25) is 0 Å². The molecule has 1 unspecified atom stereocenters. The zero-order valence-electron chi connectivity index (χ0n) is 8.21. The van der Waals surface area contributed by atoms with E-state index in [0.29, 0.717) is 0 Å². The number of ether oxygens (including phenoxy) is 1. The summed E-state index contributed by atoms with van der Waals surface area (Å²) in [6.45, 7) is 1.39. The number of benzene rings is 1. The quantitative estimate of drug-likeness (QED) is 0.603. The third-order valence-corrected chi connectivity index (χ3v) is 1.68. The number of hydrogen-bond donors (Lipinski definition) is 1. The highest BCUT2D eigenvalue weighted by molar-refractivity contribution is 5.94. The Morgan fingerprint density at radius 1 is 1.53 bits per heavy atom. The molecule has 0 aliphatic carbocycles. The van der Waals surface area contributed by atoms with Crippen molar-refractivity contribution in [2.45, 2.75) is 13.0 Å². The van der Waals surface area contributed by atoms with Crippen molar-refractivity contribution in [1.82, 2.24) is 0 Å². The van der Waals surface area contributed by atoms with Crippen molar-refractivity contribution >= 4 is 11.7 Å². The minimum Gasteiger partial charge on any atom is -0.459 e. The van der Waals surface area contributed by atoms with Crippen LogP contribution in [0, 0.1) is 4.91 Å². The Morgan fingerprint density at radius 3 is 2.80 bits per heavy atom. The summed E-state index contributed by atoms with van der Waals surface area (Å²) in [5.74, 6) is -0.661. The Balaban J connectivity index is 2.77. The standard InChI is InChI=1S/C10H11NO4/c1-7(12)6-15-10(13)8-4-2-3-5-9(8)11-14/h2-5,7,12H,6H2,1H3. The highest BCUT2D eigenvalue weighted by atomic mass is 16.5. The predicted molar refractivity (Wildman–Crippen MR) is 53.9 cm³/mol. The van der Waals surface area contributed by atoms with Crippen LogP contribution in [0.2, 0.25) is 0 Å². The number of esters is 1. The van der Waals surface area contributed by atoms with Crippen LogP contribution >= 0.6 is 0 Å². The Kier molecular flexibility index (Phi) is 3.93. The van der Waals surface area contributed by atoms with Gasteiger partial charge in [-0.2, -0.15) is 0 Å². The lowest BCUT2D eigenvalue weighted by Gasteiger charge is -2.06. The van der Waals surface area contributed by atoms with Crippen LogP contribution in [0.25, 0.3) is 0 Å². The molecule has 0 radical (unpaired) electrons. The fourth-order valence-corrected chi connectivity index (χ4v) is 1.000. The van der Waals surface area contributed by atoms with Gasteiger partial charge in [0.1, 0.15) is 12.3 Å². The average molecular weight is 209 g/mol. The molecule has 1 aromatic rings. The number of nitroso groups, excluding NO2 is 1. The summed E-state index contributed by atoms with van der Waals surface area (Å²) in [4.78, 5) is 21.8. The Labute approximate surface area is 86.7 Å². The Hall–Kier alpha value is -1.75. The van der Waals surface area contributed by atoms with Crippen LogP contribution in [0.4, 0.5) is 5.69 Å². The fraction of sp³-hybridized carbons (Fsp3) is 0.300. The second kappa shape index (κ2) is 5.21. The van der Waals surface area contributed by atoms with Gasteiger partial charge in [0, 0.05) is 0 Å². The molecule has 0 aliphatic heterocycles. The van der Waals surface area contributed by atoms with E-state index in [4.69, 9.17) is 9.84 Å². The van der Waals surface area contributed by atoms with Gasteiger partial charge in [-0.25, -0.2) is 4.79 Å². The highest BCUT2D eigenvalue weighted by Gasteiger charge is 2.13.